The van der Waals surface area contributed by atoms with Crippen LogP contribution in [0.3, 0.4) is 0 Å². The Bertz CT molecular complexity index is 335. The van der Waals surface area contributed by atoms with Crippen molar-refractivity contribution in [2.45, 2.75) is 0 Å². The normalized spacial score (nSPS) is 16.5. The Morgan fingerprint density at radius 1 is 1.27 bits per heavy atom. The first-order valence-corrected chi connectivity index (χ1v) is 5.20. The molecule has 3 N–H and O–H groups in total. The summed E-state index contributed by atoms with van der Waals surface area (Å²) in [6.07, 6.45) is 0. The van der Waals surface area contributed by atoms with Crippen molar-refractivity contribution in [2.75, 3.05) is 43.9 Å². The van der Waals surface area contributed by atoms with Gasteiger partial charge in [-0.3, -0.25) is 0 Å². The van der Waals surface area contributed by atoms with Crippen LogP contribution in [0.5, 0.6) is 5.75 Å². The third-order valence-electron chi connectivity index (χ3n) is 2.63. The zero-order valence-corrected chi connectivity index (χ0v) is 8.99. The Morgan fingerprint density at radius 3 is 2.67 bits per heavy atom. The Labute approximate surface area is 90.0 Å². The molecule has 1 heterocycles. The standard InChI is InChI=1S/C11H17N3O/c1-15-11-7-9(12)6-10(8-11)14-4-2-13-3-5-14/h6-8,13H,2-5,12H2,1H3. The van der Waals surface area contributed by atoms with E-state index in [9.17, 15) is 0 Å². The second-order valence-electron chi connectivity index (χ2n) is 3.70. The van der Waals surface area contributed by atoms with Crippen molar-refractivity contribution in [1.82, 2.24) is 5.32 Å². The lowest BCUT2D eigenvalue weighted by Gasteiger charge is -2.29. The molecular formula is C11H17N3O. The number of nitrogens with zero attached hydrogens (tertiary/aromatic N) is 1. The molecule has 0 saturated carbocycles. The number of hydrogen-bond acceptors (Lipinski definition) is 4. The van der Waals surface area contributed by atoms with Gasteiger partial charge < -0.3 is 20.7 Å². The van der Waals surface area contributed by atoms with Crippen LogP contribution < -0.4 is 20.7 Å². The zero-order valence-electron chi connectivity index (χ0n) is 8.99. The van der Waals surface area contributed by atoms with Crippen molar-refractivity contribution in [3.63, 3.8) is 0 Å². The maximum Gasteiger partial charge on any atom is 0.122 e. The van der Waals surface area contributed by atoms with Crippen LogP contribution in [0.15, 0.2) is 18.2 Å². The van der Waals surface area contributed by atoms with Crippen LogP contribution in [-0.2, 0) is 0 Å². The maximum absolute atomic E-state index is 5.82. The topological polar surface area (TPSA) is 50.5 Å². The van der Waals surface area contributed by atoms with Crippen molar-refractivity contribution in [3.8, 4) is 5.75 Å². The third-order valence-corrected chi connectivity index (χ3v) is 2.63. The van der Waals surface area contributed by atoms with Crippen LogP contribution in [-0.4, -0.2) is 33.3 Å². The number of benzene rings is 1. The van der Waals surface area contributed by atoms with Crippen molar-refractivity contribution in [2.24, 2.45) is 0 Å². The number of piperazine rings is 1. The lowest BCUT2D eigenvalue weighted by molar-refractivity contribution is 0.415. The summed E-state index contributed by atoms with van der Waals surface area (Å²) in [5.41, 5.74) is 7.72. The monoisotopic (exact) mass is 207 g/mol. The van der Waals surface area contributed by atoms with E-state index in [1.807, 2.05) is 18.2 Å². The Hall–Kier alpha value is -1.42. The average Bonchev–Trinajstić information content (AvgIpc) is 2.29. The van der Waals surface area contributed by atoms with E-state index >= 15 is 0 Å². The molecule has 1 aromatic carbocycles. The highest BCUT2D eigenvalue weighted by atomic mass is 16.5. The van der Waals surface area contributed by atoms with Gasteiger partial charge in [-0.25, -0.2) is 0 Å². The SMILES string of the molecule is COc1cc(N)cc(N2CCNCC2)c1. The molecule has 0 amide bonds. The molecule has 0 atom stereocenters. The minimum Gasteiger partial charge on any atom is -0.497 e. The van der Waals surface area contributed by atoms with E-state index in [4.69, 9.17) is 10.5 Å². The minimum absolute atomic E-state index is 0.753. The van der Waals surface area contributed by atoms with Crippen molar-refractivity contribution in [3.05, 3.63) is 18.2 Å². The fourth-order valence-corrected chi connectivity index (χ4v) is 1.83. The van der Waals surface area contributed by atoms with Crippen molar-refractivity contribution >= 4 is 11.4 Å². The number of nitrogens with two attached hydrogens (primary N) is 1. The maximum atomic E-state index is 5.82. The molecular weight excluding hydrogens is 190 g/mol. The summed E-state index contributed by atoms with van der Waals surface area (Å²) in [4.78, 5) is 2.31. The Morgan fingerprint density at radius 2 is 2.00 bits per heavy atom. The van der Waals surface area contributed by atoms with Gasteiger partial charge in [0.25, 0.3) is 0 Å². The quantitative estimate of drug-likeness (QED) is 0.700. The fourth-order valence-electron chi connectivity index (χ4n) is 1.83. The predicted octanol–water partition coefficient (Wildman–Crippen LogP) is 0.687. The summed E-state index contributed by atoms with van der Waals surface area (Å²) in [6, 6.07) is 5.86. The zero-order chi connectivity index (χ0) is 10.7. The van der Waals surface area contributed by atoms with Gasteiger partial charge in [0.1, 0.15) is 5.75 Å². The molecule has 1 aliphatic heterocycles. The highest BCUT2D eigenvalue weighted by Gasteiger charge is 2.11. The number of nitrogen functional groups attached to an aromatic ring is 1. The lowest BCUT2D eigenvalue weighted by atomic mass is 10.2. The summed E-state index contributed by atoms with van der Waals surface area (Å²) in [6.45, 7) is 4.09. The Kier molecular flexibility index (Phi) is 2.97. The Balaban J connectivity index is 2.22. The fraction of sp³-hybridized carbons (Fsp3) is 0.455. The number of nitrogens with one attached hydrogen (secondary N) is 1. The lowest BCUT2D eigenvalue weighted by Crippen LogP contribution is -2.43. The molecule has 1 aliphatic rings. The van der Waals surface area contributed by atoms with Crippen molar-refractivity contribution in [1.29, 1.82) is 0 Å². The molecule has 0 spiro atoms. The molecule has 82 valence electrons. The first kappa shape index (κ1) is 10.1. The average molecular weight is 207 g/mol. The van der Waals surface area contributed by atoms with E-state index in [1.165, 1.54) is 0 Å². The second kappa shape index (κ2) is 4.40. The van der Waals surface area contributed by atoms with Crippen molar-refractivity contribution < 1.29 is 4.74 Å². The van der Waals surface area contributed by atoms with E-state index in [0.717, 1.165) is 43.3 Å². The summed E-state index contributed by atoms with van der Waals surface area (Å²) in [7, 11) is 1.66. The van der Waals surface area contributed by atoms with Crippen LogP contribution in [0.2, 0.25) is 0 Å². The van der Waals surface area contributed by atoms with Gasteiger partial charge in [-0.05, 0) is 6.07 Å². The predicted molar refractivity (Wildman–Crippen MR) is 62.5 cm³/mol. The first-order valence-electron chi connectivity index (χ1n) is 5.20. The van der Waals surface area contributed by atoms with E-state index in [0.29, 0.717) is 0 Å². The van der Waals surface area contributed by atoms with Gasteiger partial charge in [0.05, 0.1) is 7.11 Å². The van der Waals surface area contributed by atoms with Gasteiger partial charge in [-0.15, -0.1) is 0 Å². The van der Waals surface area contributed by atoms with Crippen LogP contribution in [0, 0.1) is 0 Å². The van der Waals surface area contributed by atoms with Crippen LogP contribution >= 0.6 is 0 Å². The van der Waals surface area contributed by atoms with E-state index in [-0.39, 0.29) is 0 Å². The summed E-state index contributed by atoms with van der Waals surface area (Å²) in [5, 5.41) is 3.32. The number of methoxy groups -OCH3 is 1. The highest BCUT2D eigenvalue weighted by molar-refractivity contribution is 5.60. The van der Waals surface area contributed by atoms with Gasteiger partial charge >= 0.3 is 0 Å². The molecule has 1 fully saturated rings. The molecule has 1 saturated heterocycles. The van der Waals surface area contributed by atoms with Crippen LogP contribution in [0.4, 0.5) is 11.4 Å². The smallest absolute Gasteiger partial charge is 0.122 e. The molecule has 4 heteroatoms. The number of anilines is 2. The van der Waals surface area contributed by atoms with E-state index in [2.05, 4.69) is 10.2 Å². The molecule has 4 nitrogen and oxygen atoms in total. The van der Waals surface area contributed by atoms with Gasteiger partial charge in [-0.2, -0.15) is 0 Å². The second-order valence-corrected chi connectivity index (χ2v) is 3.70. The van der Waals surface area contributed by atoms with Crippen LogP contribution in [0.25, 0.3) is 0 Å². The van der Waals surface area contributed by atoms with E-state index in [1.54, 1.807) is 7.11 Å². The van der Waals surface area contributed by atoms with Gasteiger partial charge in [-0.1, -0.05) is 0 Å². The minimum atomic E-state index is 0.753. The van der Waals surface area contributed by atoms with E-state index < -0.39 is 0 Å². The molecule has 0 radical (unpaired) electrons. The highest BCUT2D eigenvalue weighted by Crippen LogP contribution is 2.25. The number of rotatable bonds is 2. The van der Waals surface area contributed by atoms with Gasteiger partial charge in [0, 0.05) is 49.7 Å². The first-order chi connectivity index (χ1) is 7.29. The third kappa shape index (κ3) is 2.33. The summed E-state index contributed by atoms with van der Waals surface area (Å²) in [5.74, 6) is 0.823. The van der Waals surface area contributed by atoms with Gasteiger partial charge in [0.15, 0.2) is 0 Å². The summed E-state index contributed by atoms with van der Waals surface area (Å²) >= 11 is 0. The molecule has 0 aliphatic carbocycles. The molecule has 0 aromatic heterocycles. The molecule has 0 unspecified atom stereocenters. The summed E-state index contributed by atoms with van der Waals surface area (Å²) < 4.78 is 5.20. The molecule has 0 bridgehead atoms. The van der Waals surface area contributed by atoms with Crippen LogP contribution in [0.1, 0.15) is 0 Å². The molecule has 2 rings (SSSR count). The number of hydrogen-bond donors (Lipinski definition) is 2. The largest absolute Gasteiger partial charge is 0.497 e. The molecule has 1 aromatic rings. The number of ether oxygens (including phenoxy) is 1. The molecule has 15 heavy (non-hydrogen) atoms. The van der Waals surface area contributed by atoms with Gasteiger partial charge in [0.2, 0.25) is 0 Å².